The summed E-state index contributed by atoms with van der Waals surface area (Å²) >= 11 is 5.46. The zero-order valence-corrected chi connectivity index (χ0v) is 23.1. The molecule has 0 aliphatic rings. The van der Waals surface area contributed by atoms with E-state index < -0.39 is 61.4 Å². The van der Waals surface area contributed by atoms with Crippen molar-refractivity contribution in [1.82, 2.24) is 0 Å². The molecule has 0 aliphatic carbocycles. The molecule has 39 heavy (non-hydrogen) atoms. The molecule has 1 N–H and O–H groups in total. The molecule has 0 bridgehead atoms. The van der Waals surface area contributed by atoms with E-state index in [1.807, 2.05) is 0 Å². The first-order valence-corrected chi connectivity index (χ1v) is 12.2. The maximum Gasteiger partial charge on any atom is 0.435 e. The molecule has 210 valence electrons. The van der Waals surface area contributed by atoms with Crippen LogP contribution in [0.2, 0.25) is 0 Å². The summed E-state index contributed by atoms with van der Waals surface area (Å²) in [6.45, 7) is 5.23. The molecule has 0 saturated carbocycles. The molecule has 0 spiro atoms. The maximum atomic E-state index is 15.3. The molecule has 4 nitrogen and oxygen atoms in total. The summed E-state index contributed by atoms with van der Waals surface area (Å²) in [7, 11) is 1.24. The summed E-state index contributed by atoms with van der Waals surface area (Å²) in [5.41, 5.74) is -8.74. The molecule has 2 aromatic carbocycles. The number of carbonyl (C=O) groups excluding carboxylic acids is 2. The highest BCUT2D eigenvalue weighted by atomic mass is 79.9. The molecule has 0 heterocycles. The van der Waals surface area contributed by atoms with Crippen molar-refractivity contribution < 1.29 is 44.7 Å². The molecular weight excluding hydrogens is 672 g/mol. The van der Waals surface area contributed by atoms with Crippen molar-refractivity contribution in [2.24, 2.45) is 0 Å². The number of benzene rings is 2. The lowest BCUT2D eigenvalue weighted by molar-refractivity contribution is -0.348. The highest BCUT2D eigenvalue weighted by Gasteiger charge is 2.73. The van der Waals surface area contributed by atoms with Crippen LogP contribution in [-0.4, -0.2) is 31.2 Å². The minimum absolute atomic E-state index is 0.111. The van der Waals surface area contributed by atoms with Gasteiger partial charge in [0.2, 0.25) is 0 Å². The van der Waals surface area contributed by atoms with Crippen LogP contribution in [-0.2, 0) is 10.5 Å². The first kappa shape index (κ1) is 32.2. The normalized spacial score (nSPS) is 13.0. The van der Waals surface area contributed by atoms with Crippen LogP contribution in [0, 0.1) is 5.82 Å². The Balaban J connectivity index is 2.48. The Morgan fingerprint density at radius 2 is 1.54 bits per heavy atom. The fraction of sp³-hybridized carbons (Fsp3) is 0.200. The smallest absolute Gasteiger partial charge is 0.320 e. The Morgan fingerprint density at radius 1 is 1.00 bits per heavy atom. The minimum atomic E-state index is -6.35. The lowest BCUT2D eigenvalue weighted by Gasteiger charge is -2.31. The quantitative estimate of drug-likeness (QED) is 0.180. The Labute approximate surface area is 234 Å². The van der Waals surface area contributed by atoms with Gasteiger partial charge in [-0.2, -0.15) is 26.3 Å². The van der Waals surface area contributed by atoms with Gasteiger partial charge in [-0.1, -0.05) is 30.9 Å². The molecule has 0 atom stereocenters. The summed E-state index contributed by atoms with van der Waals surface area (Å²) < 4.78 is 107. The van der Waals surface area contributed by atoms with Crippen LogP contribution in [0.4, 0.5) is 46.5 Å². The molecule has 0 aliphatic heterocycles. The third-order valence-corrected chi connectivity index (χ3v) is 6.53. The van der Waals surface area contributed by atoms with E-state index in [4.69, 9.17) is 0 Å². The molecule has 0 aromatic heterocycles. The number of halogens is 10. The number of hydrogen-bond donors (Lipinski definition) is 1. The lowest BCUT2D eigenvalue weighted by Crippen LogP contribution is -2.50. The zero-order valence-electron chi connectivity index (χ0n) is 19.9. The molecule has 14 heteroatoms. The Morgan fingerprint density at radius 3 is 2.00 bits per heavy atom. The number of alkyl halides is 7. The summed E-state index contributed by atoms with van der Waals surface area (Å²) in [5.74, 6) is -2.98. The molecule has 0 fully saturated rings. The number of allylic oxidation sites excluding steroid dienone is 3. The SMILES string of the molecule is C=C/C(=C\C=C/C)C(=O)N(C)c1cccc(C(=O)Nc2c(Br)cc(C(F)(C(F)(F)F)C(F)(F)F)cc2Br)c1F. The highest BCUT2D eigenvalue weighted by Crippen LogP contribution is 2.54. The second-order valence-electron chi connectivity index (χ2n) is 7.78. The van der Waals surface area contributed by atoms with Gasteiger partial charge >= 0.3 is 18.0 Å². The van der Waals surface area contributed by atoms with Crippen molar-refractivity contribution in [3.05, 3.63) is 92.7 Å². The standard InChI is InChI=1S/C25H18Br2F8N2O2/c1-4-6-8-13(5-2)22(39)37(3)18-10-7-9-15(19(18)28)21(38)36-20-16(26)11-14(12-17(20)27)23(29,24(30,31)32)25(33,34)35/h4-12H,2H2,1,3H3,(H,36,38)/b6-4-,13-8+. The van der Waals surface area contributed by atoms with Crippen LogP contribution in [0.15, 0.2) is 75.7 Å². The van der Waals surface area contributed by atoms with Crippen molar-refractivity contribution in [2.45, 2.75) is 24.9 Å². The number of carbonyl (C=O) groups is 2. The van der Waals surface area contributed by atoms with E-state index >= 15 is 4.39 Å². The van der Waals surface area contributed by atoms with Crippen LogP contribution >= 0.6 is 31.9 Å². The fourth-order valence-electron chi connectivity index (χ4n) is 3.24. The van der Waals surface area contributed by atoms with Gasteiger partial charge in [0.05, 0.1) is 16.9 Å². The van der Waals surface area contributed by atoms with Gasteiger partial charge in [-0.05, 0) is 69.1 Å². The third kappa shape index (κ3) is 6.43. The predicted molar refractivity (Wildman–Crippen MR) is 138 cm³/mol. The summed E-state index contributed by atoms with van der Waals surface area (Å²) in [4.78, 5) is 26.5. The largest absolute Gasteiger partial charge is 0.435 e. The van der Waals surface area contributed by atoms with Crippen molar-refractivity contribution in [3.8, 4) is 0 Å². The van der Waals surface area contributed by atoms with Crippen molar-refractivity contribution in [1.29, 1.82) is 0 Å². The highest BCUT2D eigenvalue weighted by molar-refractivity contribution is 9.11. The first-order chi connectivity index (χ1) is 17.9. The molecule has 2 rings (SSSR count). The maximum absolute atomic E-state index is 15.3. The summed E-state index contributed by atoms with van der Waals surface area (Å²) in [5, 5.41) is 2.15. The average Bonchev–Trinajstić information content (AvgIpc) is 2.84. The van der Waals surface area contributed by atoms with E-state index in [2.05, 4.69) is 43.8 Å². The first-order valence-electron chi connectivity index (χ1n) is 10.6. The number of likely N-dealkylation sites (N-methyl/N-ethyl adjacent to an activating group) is 1. The predicted octanol–water partition coefficient (Wildman–Crippen LogP) is 8.54. The van der Waals surface area contributed by atoms with E-state index in [-0.39, 0.29) is 23.4 Å². The van der Waals surface area contributed by atoms with E-state index in [0.29, 0.717) is 0 Å². The van der Waals surface area contributed by atoms with Gasteiger partial charge in [0.1, 0.15) is 0 Å². The fourth-order valence-corrected chi connectivity index (χ4v) is 4.63. The number of nitrogens with zero attached hydrogens (tertiary/aromatic N) is 1. The van der Waals surface area contributed by atoms with E-state index in [0.717, 1.165) is 11.0 Å². The molecule has 0 unspecified atom stereocenters. The topological polar surface area (TPSA) is 49.4 Å². The van der Waals surface area contributed by atoms with Crippen LogP contribution in [0.3, 0.4) is 0 Å². The number of nitrogens with one attached hydrogen (secondary N) is 1. The molecular formula is C25H18Br2F8N2O2. The third-order valence-electron chi connectivity index (χ3n) is 5.28. The molecule has 2 aromatic rings. The lowest BCUT2D eigenvalue weighted by atomic mass is 9.94. The van der Waals surface area contributed by atoms with Gasteiger partial charge in [0.15, 0.2) is 5.82 Å². The van der Waals surface area contributed by atoms with Gasteiger partial charge in [0.25, 0.3) is 11.8 Å². The van der Waals surface area contributed by atoms with Gasteiger partial charge < -0.3 is 10.2 Å². The molecule has 2 amide bonds. The molecule has 0 radical (unpaired) electrons. The number of hydrogen-bond acceptors (Lipinski definition) is 2. The van der Waals surface area contributed by atoms with Crippen LogP contribution in [0.25, 0.3) is 0 Å². The van der Waals surface area contributed by atoms with Crippen molar-refractivity contribution >= 4 is 55.0 Å². The van der Waals surface area contributed by atoms with Crippen LogP contribution < -0.4 is 10.2 Å². The Kier molecular flexibility index (Phi) is 9.93. The second-order valence-corrected chi connectivity index (χ2v) is 9.49. The van der Waals surface area contributed by atoms with Crippen molar-refractivity contribution in [2.75, 3.05) is 17.3 Å². The van der Waals surface area contributed by atoms with Gasteiger partial charge in [-0.3, -0.25) is 9.59 Å². The minimum Gasteiger partial charge on any atom is -0.320 e. The number of amides is 2. The summed E-state index contributed by atoms with van der Waals surface area (Å²) in [6.07, 6.45) is -6.82. The number of rotatable bonds is 7. The monoisotopic (exact) mass is 688 g/mol. The van der Waals surface area contributed by atoms with E-state index in [9.17, 15) is 40.3 Å². The van der Waals surface area contributed by atoms with Gasteiger partial charge in [-0.15, -0.1) is 0 Å². The second kappa shape index (κ2) is 12.0. The molecule has 0 saturated heterocycles. The zero-order chi connectivity index (χ0) is 29.9. The van der Waals surface area contributed by atoms with Crippen LogP contribution in [0.5, 0.6) is 0 Å². The van der Waals surface area contributed by atoms with Gasteiger partial charge in [-0.25, -0.2) is 8.78 Å². The van der Waals surface area contributed by atoms with E-state index in [1.54, 1.807) is 19.1 Å². The Hall–Kier alpha value is -3.00. The Bertz CT molecular complexity index is 1310. The van der Waals surface area contributed by atoms with Gasteiger partial charge in [0, 0.05) is 27.1 Å². The van der Waals surface area contributed by atoms with E-state index in [1.165, 1.54) is 31.3 Å². The summed E-state index contributed by atoms with van der Waals surface area (Å²) in [6, 6.07) is 3.89. The average molecular weight is 690 g/mol. The van der Waals surface area contributed by atoms with Crippen molar-refractivity contribution in [3.63, 3.8) is 0 Å². The number of anilines is 2. The van der Waals surface area contributed by atoms with Crippen LogP contribution in [0.1, 0.15) is 22.8 Å².